The van der Waals surface area contributed by atoms with Gasteiger partial charge >= 0.3 is 0 Å². The molecule has 0 spiro atoms. The number of nitrogens with two attached hydrogens (primary N) is 1. The van der Waals surface area contributed by atoms with Crippen molar-refractivity contribution in [3.63, 3.8) is 0 Å². The van der Waals surface area contributed by atoms with E-state index in [-0.39, 0.29) is 10.6 Å². The summed E-state index contributed by atoms with van der Waals surface area (Å²) >= 11 is 1.32. The summed E-state index contributed by atoms with van der Waals surface area (Å²) in [6.45, 7) is 1.97. The highest BCUT2D eigenvalue weighted by atomic mass is 32.2. The second-order valence-corrected chi connectivity index (χ2v) is 6.99. The molecule has 0 saturated carbocycles. The number of sulfonamides is 1. The maximum Gasteiger partial charge on any atom is 0.265 e. The minimum Gasteiger partial charge on any atom is -0.319 e. The number of halogens is 1. The third-order valence-corrected chi connectivity index (χ3v) is 4.89. The molecule has 5 nitrogen and oxygen atoms in total. The molecule has 1 aromatic carbocycles. The van der Waals surface area contributed by atoms with Crippen LogP contribution in [0, 0.1) is 5.82 Å². The van der Waals surface area contributed by atoms with Gasteiger partial charge in [0.15, 0.2) is 0 Å². The Morgan fingerprint density at radius 3 is 2.57 bits per heavy atom. The second kappa shape index (κ2) is 5.92. The van der Waals surface area contributed by atoms with Crippen molar-refractivity contribution < 1.29 is 17.6 Å². The number of hydrogen-bond acceptors (Lipinski definition) is 4. The van der Waals surface area contributed by atoms with Gasteiger partial charge in [0.2, 0.25) is 10.0 Å². The monoisotopic (exact) mass is 328 g/mol. The quantitative estimate of drug-likeness (QED) is 0.903. The van der Waals surface area contributed by atoms with Crippen LogP contribution in [0.25, 0.3) is 0 Å². The number of amides is 1. The predicted molar refractivity (Wildman–Crippen MR) is 79.4 cm³/mol. The van der Waals surface area contributed by atoms with E-state index in [4.69, 9.17) is 5.14 Å². The molecule has 0 aliphatic heterocycles. The van der Waals surface area contributed by atoms with E-state index in [9.17, 15) is 17.6 Å². The van der Waals surface area contributed by atoms with Crippen LogP contribution < -0.4 is 10.5 Å². The number of hydrogen-bond donors (Lipinski definition) is 2. The SMILES string of the molecule is CCc1ccc(C(=O)Nc2ccc(S(N)(=O)=O)cc2F)s1. The van der Waals surface area contributed by atoms with Crippen molar-refractivity contribution >= 4 is 33.0 Å². The van der Waals surface area contributed by atoms with E-state index < -0.39 is 21.7 Å². The highest BCUT2D eigenvalue weighted by molar-refractivity contribution is 7.89. The molecule has 0 atom stereocenters. The minimum atomic E-state index is -3.97. The summed E-state index contributed by atoms with van der Waals surface area (Å²) in [5.74, 6) is -1.30. The van der Waals surface area contributed by atoms with E-state index >= 15 is 0 Å². The summed E-state index contributed by atoms with van der Waals surface area (Å²) in [4.78, 5) is 13.1. The molecule has 0 fully saturated rings. The first kappa shape index (κ1) is 15.6. The number of carbonyl (C=O) groups is 1. The minimum absolute atomic E-state index is 0.0983. The molecule has 8 heteroatoms. The molecule has 0 radical (unpaired) electrons. The molecule has 3 N–H and O–H groups in total. The molecular formula is C13H13FN2O3S2. The van der Waals surface area contributed by atoms with Crippen LogP contribution in [0.15, 0.2) is 35.2 Å². The van der Waals surface area contributed by atoms with Crippen molar-refractivity contribution in [3.8, 4) is 0 Å². The van der Waals surface area contributed by atoms with Crippen LogP contribution in [-0.2, 0) is 16.4 Å². The molecule has 0 bridgehead atoms. The summed E-state index contributed by atoms with van der Waals surface area (Å²) in [5, 5.41) is 7.31. The zero-order chi connectivity index (χ0) is 15.6. The van der Waals surface area contributed by atoms with Crippen LogP contribution in [0.2, 0.25) is 0 Å². The lowest BCUT2D eigenvalue weighted by Crippen LogP contribution is -2.14. The molecule has 1 aromatic heterocycles. The summed E-state index contributed by atoms with van der Waals surface area (Å²) in [6.07, 6.45) is 0.815. The number of aryl methyl sites for hydroxylation is 1. The molecule has 0 unspecified atom stereocenters. The zero-order valence-corrected chi connectivity index (χ0v) is 12.7. The van der Waals surface area contributed by atoms with Crippen LogP contribution in [0.1, 0.15) is 21.5 Å². The summed E-state index contributed by atoms with van der Waals surface area (Å²) in [5.41, 5.74) is -0.0983. The van der Waals surface area contributed by atoms with Gasteiger partial charge < -0.3 is 5.32 Å². The van der Waals surface area contributed by atoms with Gasteiger partial charge in [-0.3, -0.25) is 4.79 Å². The second-order valence-electron chi connectivity index (χ2n) is 4.26. The van der Waals surface area contributed by atoms with Crippen LogP contribution in [-0.4, -0.2) is 14.3 Å². The maximum atomic E-state index is 13.8. The van der Waals surface area contributed by atoms with Gasteiger partial charge in [0, 0.05) is 4.88 Å². The molecule has 2 rings (SSSR count). The van der Waals surface area contributed by atoms with Gasteiger partial charge in [0.1, 0.15) is 5.82 Å². The van der Waals surface area contributed by atoms with Gasteiger partial charge in [-0.15, -0.1) is 11.3 Å². The summed E-state index contributed by atoms with van der Waals surface area (Å²) < 4.78 is 36.0. The number of anilines is 1. The Morgan fingerprint density at radius 1 is 1.33 bits per heavy atom. The Morgan fingerprint density at radius 2 is 2.05 bits per heavy atom. The largest absolute Gasteiger partial charge is 0.319 e. The number of primary sulfonamides is 1. The smallest absolute Gasteiger partial charge is 0.265 e. The van der Waals surface area contributed by atoms with E-state index in [1.165, 1.54) is 17.4 Å². The number of rotatable bonds is 4. The first-order chi connectivity index (χ1) is 9.81. The Balaban J connectivity index is 2.22. The van der Waals surface area contributed by atoms with Crippen molar-refractivity contribution in [2.24, 2.45) is 5.14 Å². The molecule has 21 heavy (non-hydrogen) atoms. The van der Waals surface area contributed by atoms with Crippen molar-refractivity contribution in [2.75, 3.05) is 5.32 Å². The highest BCUT2D eigenvalue weighted by Gasteiger charge is 2.15. The lowest BCUT2D eigenvalue weighted by Gasteiger charge is -2.06. The van der Waals surface area contributed by atoms with Crippen molar-refractivity contribution in [2.45, 2.75) is 18.2 Å². The van der Waals surface area contributed by atoms with Crippen LogP contribution in [0.3, 0.4) is 0 Å². The number of carbonyl (C=O) groups excluding carboxylic acids is 1. The van der Waals surface area contributed by atoms with E-state index in [1.54, 1.807) is 6.07 Å². The van der Waals surface area contributed by atoms with E-state index in [1.807, 2.05) is 13.0 Å². The Kier molecular flexibility index (Phi) is 4.40. The molecular weight excluding hydrogens is 315 g/mol. The fraction of sp³-hybridized carbons (Fsp3) is 0.154. The molecule has 0 aliphatic carbocycles. The fourth-order valence-electron chi connectivity index (χ4n) is 1.65. The number of benzene rings is 1. The summed E-state index contributed by atoms with van der Waals surface area (Å²) in [7, 11) is -3.97. The zero-order valence-electron chi connectivity index (χ0n) is 11.1. The third-order valence-electron chi connectivity index (χ3n) is 2.75. The molecule has 2 aromatic rings. The molecule has 1 heterocycles. The Labute approximate surface area is 125 Å². The molecule has 0 saturated heterocycles. The van der Waals surface area contributed by atoms with Crippen LogP contribution >= 0.6 is 11.3 Å². The molecule has 0 aliphatic rings. The van der Waals surface area contributed by atoms with E-state index in [2.05, 4.69) is 5.32 Å². The Bertz CT molecular complexity index is 784. The van der Waals surface area contributed by atoms with Crippen LogP contribution in [0.4, 0.5) is 10.1 Å². The standard InChI is InChI=1S/C13H13FN2O3S2/c1-2-8-3-6-12(20-8)13(17)16-11-5-4-9(7-10(11)14)21(15,18)19/h3-7H,2H2,1H3,(H,16,17)(H2,15,18,19). The van der Waals surface area contributed by atoms with Crippen molar-refractivity contribution in [1.29, 1.82) is 0 Å². The van der Waals surface area contributed by atoms with Crippen LogP contribution in [0.5, 0.6) is 0 Å². The molecule has 112 valence electrons. The lowest BCUT2D eigenvalue weighted by molar-refractivity contribution is 0.103. The first-order valence-corrected chi connectivity index (χ1v) is 8.40. The molecule has 1 amide bonds. The average molecular weight is 328 g/mol. The predicted octanol–water partition coefficient (Wildman–Crippen LogP) is 2.35. The topological polar surface area (TPSA) is 89.3 Å². The van der Waals surface area contributed by atoms with Gasteiger partial charge in [-0.1, -0.05) is 6.92 Å². The van der Waals surface area contributed by atoms with E-state index in [0.29, 0.717) is 4.88 Å². The highest BCUT2D eigenvalue weighted by Crippen LogP contribution is 2.21. The summed E-state index contributed by atoms with van der Waals surface area (Å²) in [6, 6.07) is 6.58. The van der Waals surface area contributed by atoms with Gasteiger partial charge in [-0.2, -0.15) is 0 Å². The van der Waals surface area contributed by atoms with Crippen molar-refractivity contribution in [1.82, 2.24) is 0 Å². The first-order valence-electron chi connectivity index (χ1n) is 6.03. The van der Waals surface area contributed by atoms with Crippen molar-refractivity contribution in [3.05, 3.63) is 45.9 Å². The normalized spacial score (nSPS) is 11.4. The van der Waals surface area contributed by atoms with Gasteiger partial charge in [-0.25, -0.2) is 17.9 Å². The fourth-order valence-corrected chi connectivity index (χ4v) is 3.02. The van der Waals surface area contributed by atoms with Gasteiger partial charge in [0.05, 0.1) is 15.5 Å². The average Bonchev–Trinajstić information content (AvgIpc) is 2.88. The van der Waals surface area contributed by atoms with Gasteiger partial charge in [-0.05, 0) is 36.8 Å². The van der Waals surface area contributed by atoms with Gasteiger partial charge in [0.25, 0.3) is 5.91 Å². The number of nitrogens with one attached hydrogen (secondary N) is 1. The maximum absolute atomic E-state index is 13.8. The Hall–Kier alpha value is -1.77. The third kappa shape index (κ3) is 3.66. The lowest BCUT2D eigenvalue weighted by atomic mass is 10.3. The number of thiophene rings is 1. The van der Waals surface area contributed by atoms with E-state index in [0.717, 1.165) is 23.4 Å².